The molecule has 1 aliphatic heterocycles. The summed E-state index contributed by atoms with van der Waals surface area (Å²) in [5.74, 6) is -0.751. The van der Waals surface area contributed by atoms with Gasteiger partial charge >= 0.3 is 5.76 Å². The van der Waals surface area contributed by atoms with E-state index in [1.165, 1.54) is 4.57 Å². The lowest BCUT2D eigenvalue weighted by Crippen LogP contribution is -2.48. The lowest BCUT2D eigenvalue weighted by atomic mass is 10.1. The van der Waals surface area contributed by atoms with Crippen molar-refractivity contribution in [3.8, 4) is 0 Å². The van der Waals surface area contributed by atoms with Crippen molar-refractivity contribution in [3.63, 3.8) is 0 Å². The summed E-state index contributed by atoms with van der Waals surface area (Å²) in [6.45, 7) is 3.70. The maximum Gasteiger partial charge on any atom is 0.420 e. The van der Waals surface area contributed by atoms with Gasteiger partial charge in [0.05, 0.1) is 17.0 Å². The van der Waals surface area contributed by atoms with E-state index in [2.05, 4.69) is 0 Å². The van der Waals surface area contributed by atoms with Gasteiger partial charge in [-0.05, 0) is 31.9 Å². The smallest absolute Gasteiger partial charge is 0.408 e. The molecule has 1 aromatic carbocycles. The number of rotatable bonds is 5. The summed E-state index contributed by atoms with van der Waals surface area (Å²) in [6, 6.07) is 6.50. The minimum absolute atomic E-state index is 0.00981. The Labute approximate surface area is 146 Å². The zero-order valence-corrected chi connectivity index (χ0v) is 15.2. The summed E-state index contributed by atoms with van der Waals surface area (Å²) in [7, 11) is -3.10. The number of hydrogen-bond acceptors (Lipinski definition) is 5. The van der Waals surface area contributed by atoms with Crippen LogP contribution in [-0.4, -0.2) is 47.4 Å². The van der Waals surface area contributed by atoms with Crippen LogP contribution >= 0.6 is 0 Å². The highest BCUT2D eigenvalue weighted by molar-refractivity contribution is 7.91. The van der Waals surface area contributed by atoms with Crippen molar-refractivity contribution < 1.29 is 17.6 Å². The molecule has 0 bridgehead atoms. The first-order chi connectivity index (χ1) is 11.8. The molecule has 7 nitrogen and oxygen atoms in total. The predicted octanol–water partition coefficient (Wildman–Crippen LogP) is 1.41. The second-order valence-electron chi connectivity index (χ2n) is 6.54. The van der Waals surface area contributed by atoms with E-state index in [0.29, 0.717) is 23.9 Å². The fourth-order valence-electron chi connectivity index (χ4n) is 3.38. The molecule has 0 unspecified atom stereocenters. The van der Waals surface area contributed by atoms with E-state index < -0.39 is 15.6 Å². The third-order valence-electron chi connectivity index (χ3n) is 4.82. The number of aromatic nitrogens is 1. The standard InChI is InChI=1S/C17H22N2O5S/c1-3-12(2)19(13-8-9-25(22,23)11-13)16(20)10-18-14-6-4-5-7-15(14)24-17(18)21/h4-7,12-13H,3,8-11H2,1-2H3/t12-,13-/m0/s1. The molecular weight excluding hydrogens is 344 g/mol. The number of fused-ring (bicyclic) bond motifs is 1. The maximum absolute atomic E-state index is 12.9. The Balaban J connectivity index is 1.90. The number of nitrogens with zero attached hydrogens (tertiary/aromatic N) is 2. The molecule has 2 aromatic rings. The van der Waals surface area contributed by atoms with Crippen LogP contribution in [0.15, 0.2) is 33.5 Å². The van der Waals surface area contributed by atoms with Crippen LogP contribution in [0.25, 0.3) is 11.1 Å². The van der Waals surface area contributed by atoms with Gasteiger partial charge in [-0.1, -0.05) is 19.1 Å². The minimum atomic E-state index is -3.10. The summed E-state index contributed by atoms with van der Waals surface area (Å²) in [6.07, 6.45) is 1.16. The van der Waals surface area contributed by atoms with Gasteiger partial charge in [0.15, 0.2) is 15.4 Å². The Kier molecular flexibility index (Phi) is 4.73. The van der Waals surface area contributed by atoms with Gasteiger partial charge in [-0.15, -0.1) is 0 Å². The number of hydrogen-bond donors (Lipinski definition) is 0. The van der Waals surface area contributed by atoms with Gasteiger partial charge in [-0.25, -0.2) is 13.2 Å². The minimum Gasteiger partial charge on any atom is -0.408 e. The van der Waals surface area contributed by atoms with Gasteiger partial charge in [0.1, 0.15) is 6.54 Å². The zero-order valence-electron chi connectivity index (χ0n) is 14.3. The van der Waals surface area contributed by atoms with Crippen LogP contribution in [0.3, 0.4) is 0 Å². The topological polar surface area (TPSA) is 89.6 Å². The number of carbonyl (C=O) groups is 1. The molecule has 3 rings (SSSR count). The lowest BCUT2D eigenvalue weighted by molar-refractivity contribution is -0.136. The summed E-state index contributed by atoms with van der Waals surface area (Å²) in [5, 5.41) is 0. The van der Waals surface area contributed by atoms with Gasteiger partial charge in [-0.2, -0.15) is 0 Å². The van der Waals surface area contributed by atoms with E-state index >= 15 is 0 Å². The molecule has 1 amide bonds. The average Bonchev–Trinajstić information content (AvgIpc) is 3.07. The van der Waals surface area contributed by atoms with Crippen molar-refractivity contribution in [2.45, 2.75) is 45.3 Å². The van der Waals surface area contributed by atoms with E-state index in [9.17, 15) is 18.0 Å². The summed E-state index contributed by atoms with van der Waals surface area (Å²) in [5.41, 5.74) is 0.989. The highest BCUT2D eigenvalue weighted by Gasteiger charge is 2.36. The molecule has 0 radical (unpaired) electrons. The first-order valence-corrected chi connectivity index (χ1v) is 10.2. The van der Waals surface area contributed by atoms with E-state index in [0.717, 1.165) is 0 Å². The van der Waals surface area contributed by atoms with Crippen molar-refractivity contribution in [1.82, 2.24) is 9.47 Å². The molecule has 0 aliphatic carbocycles. The highest BCUT2D eigenvalue weighted by Crippen LogP contribution is 2.22. The quantitative estimate of drug-likeness (QED) is 0.798. The van der Waals surface area contributed by atoms with E-state index in [-0.39, 0.29) is 36.0 Å². The molecule has 8 heteroatoms. The van der Waals surface area contributed by atoms with E-state index in [1.807, 2.05) is 13.8 Å². The molecule has 2 atom stereocenters. The van der Waals surface area contributed by atoms with Gasteiger partial charge < -0.3 is 9.32 Å². The average molecular weight is 366 g/mol. The summed E-state index contributed by atoms with van der Waals surface area (Å²) < 4.78 is 30.1. The van der Waals surface area contributed by atoms with Crippen LogP contribution in [0.1, 0.15) is 26.7 Å². The van der Waals surface area contributed by atoms with Gasteiger partial charge in [0, 0.05) is 12.1 Å². The molecule has 1 aromatic heterocycles. The number of oxazole rings is 1. The Morgan fingerprint density at radius 3 is 2.76 bits per heavy atom. The second kappa shape index (κ2) is 6.67. The molecule has 0 N–H and O–H groups in total. The van der Waals surface area contributed by atoms with Crippen LogP contribution in [0.4, 0.5) is 0 Å². The Morgan fingerprint density at radius 1 is 1.40 bits per heavy atom. The van der Waals surface area contributed by atoms with Crippen LogP contribution < -0.4 is 5.76 Å². The molecule has 1 saturated heterocycles. The van der Waals surface area contributed by atoms with Crippen molar-refractivity contribution in [1.29, 1.82) is 0 Å². The maximum atomic E-state index is 12.9. The van der Waals surface area contributed by atoms with E-state index in [1.54, 1.807) is 29.2 Å². The van der Waals surface area contributed by atoms with E-state index in [4.69, 9.17) is 4.42 Å². The number of sulfone groups is 1. The van der Waals surface area contributed by atoms with Crippen LogP contribution in [-0.2, 0) is 21.2 Å². The second-order valence-corrected chi connectivity index (χ2v) is 8.77. The van der Waals surface area contributed by atoms with Crippen LogP contribution in [0, 0.1) is 0 Å². The summed E-state index contributed by atoms with van der Waals surface area (Å²) in [4.78, 5) is 26.7. The third-order valence-corrected chi connectivity index (χ3v) is 6.57. The number of carbonyl (C=O) groups excluding carboxylic acids is 1. The SMILES string of the molecule is CC[C@H](C)N(C(=O)Cn1c(=O)oc2ccccc21)[C@H]1CCS(=O)(=O)C1. The summed E-state index contributed by atoms with van der Waals surface area (Å²) >= 11 is 0. The lowest BCUT2D eigenvalue weighted by Gasteiger charge is -2.33. The van der Waals surface area contributed by atoms with Crippen molar-refractivity contribution in [2.24, 2.45) is 0 Å². The fraction of sp³-hybridized carbons (Fsp3) is 0.529. The molecular formula is C17H22N2O5S. The van der Waals surface area contributed by atoms with Gasteiger partial charge in [-0.3, -0.25) is 9.36 Å². The van der Waals surface area contributed by atoms with Crippen LogP contribution in [0.5, 0.6) is 0 Å². The van der Waals surface area contributed by atoms with Gasteiger partial charge in [0.2, 0.25) is 5.91 Å². The number of amides is 1. The Morgan fingerprint density at radius 2 is 2.12 bits per heavy atom. The molecule has 2 heterocycles. The molecule has 136 valence electrons. The first-order valence-electron chi connectivity index (χ1n) is 8.42. The molecule has 0 saturated carbocycles. The number of para-hydroxylation sites is 2. The largest absolute Gasteiger partial charge is 0.420 e. The van der Waals surface area contributed by atoms with Gasteiger partial charge in [0.25, 0.3) is 0 Å². The molecule has 1 fully saturated rings. The Hall–Kier alpha value is -2.09. The normalized spacial score (nSPS) is 20.6. The Bertz CT molecular complexity index is 943. The third kappa shape index (κ3) is 3.49. The molecule has 1 aliphatic rings. The van der Waals surface area contributed by atoms with Crippen molar-refractivity contribution in [3.05, 3.63) is 34.8 Å². The van der Waals surface area contributed by atoms with Crippen LogP contribution in [0.2, 0.25) is 0 Å². The zero-order chi connectivity index (χ0) is 18.2. The predicted molar refractivity (Wildman–Crippen MR) is 94.1 cm³/mol. The molecule has 0 spiro atoms. The van der Waals surface area contributed by atoms with Crippen molar-refractivity contribution in [2.75, 3.05) is 11.5 Å². The monoisotopic (exact) mass is 366 g/mol. The number of benzene rings is 1. The fourth-order valence-corrected chi connectivity index (χ4v) is 5.09. The first kappa shape index (κ1) is 17.7. The highest BCUT2D eigenvalue weighted by atomic mass is 32.2. The molecule has 25 heavy (non-hydrogen) atoms. The van der Waals surface area contributed by atoms with Crippen molar-refractivity contribution >= 4 is 26.8 Å².